The van der Waals surface area contributed by atoms with Crippen LogP contribution in [-0.2, 0) is 19.3 Å². The summed E-state index contributed by atoms with van der Waals surface area (Å²) in [6, 6.07) is 18.4. The zero-order chi connectivity index (χ0) is 16.9. The number of aromatic amines is 1. The fourth-order valence-corrected chi connectivity index (χ4v) is 2.67. The molecule has 0 aliphatic carbocycles. The van der Waals surface area contributed by atoms with Gasteiger partial charge in [-0.2, -0.15) is 5.10 Å². The summed E-state index contributed by atoms with van der Waals surface area (Å²) in [6.45, 7) is 0. The van der Waals surface area contributed by atoms with Crippen LogP contribution in [0.1, 0.15) is 22.8 Å². The molecule has 2 aromatic carbocycles. The lowest BCUT2D eigenvalue weighted by Gasteiger charge is -2.01. The number of benzene rings is 2. The van der Waals surface area contributed by atoms with E-state index in [2.05, 4.69) is 55.0 Å². The first kappa shape index (κ1) is 15.2. The molecular formula is C18H17N7. The maximum absolute atomic E-state index is 4.59. The van der Waals surface area contributed by atoms with Crippen LogP contribution < -0.4 is 0 Å². The van der Waals surface area contributed by atoms with Crippen LogP contribution in [0.5, 0.6) is 0 Å². The smallest absolute Gasteiger partial charge is 0.151 e. The Morgan fingerprint density at radius 2 is 1.72 bits per heavy atom. The van der Waals surface area contributed by atoms with E-state index in [0.717, 1.165) is 35.7 Å². The summed E-state index contributed by atoms with van der Waals surface area (Å²) in [7, 11) is 0. The Hall–Kier alpha value is -3.35. The van der Waals surface area contributed by atoms with Crippen LogP contribution >= 0.6 is 0 Å². The topological polar surface area (TPSA) is 85.2 Å². The number of H-pyrrole nitrogens is 1. The lowest BCUT2D eigenvalue weighted by atomic mass is 10.1. The van der Waals surface area contributed by atoms with Crippen molar-refractivity contribution >= 4 is 0 Å². The van der Waals surface area contributed by atoms with Gasteiger partial charge in [0.2, 0.25) is 0 Å². The molecule has 0 fully saturated rings. The van der Waals surface area contributed by atoms with Crippen LogP contribution in [0.2, 0.25) is 0 Å². The summed E-state index contributed by atoms with van der Waals surface area (Å²) in [5.74, 6) is 1.72. The van der Waals surface area contributed by atoms with Crippen molar-refractivity contribution in [1.29, 1.82) is 0 Å². The van der Waals surface area contributed by atoms with Crippen molar-refractivity contribution in [2.45, 2.75) is 19.3 Å². The van der Waals surface area contributed by atoms with E-state index < -0.39 is 0 Å². The summed E-state index contributed by atoms with van der Waals surface area (Å²) in [5.41, 5.74) is 3.38. The molecule has 25 heavy (non-hydrogen) atoms. The molecule has 124 valence electrons. The zero-order valence-electron chi connectivity index (χ0n) is 13.6. The molecule has 0 bridgehead atoms. The Bertz CT molecular complexity index is 912. The fraction of sp³-hybridized carbons (Fsp3) is 0.167. The van der Waals surface area contributed by atoms with E-state index in [1.807, 2.05) is 30.3 Å². The number of nitrogens with one attached hydrogen (secondary N) is 1. The van der Waals surface area contributed by atoms with E-state index in [4.69, 9.17) is 0 Å². The summed E-state index contributed by atoms with van der Waals surface area (Å²) in [5, 5.41) is 18.5. The largest absolute Gasteiger partial charge is 0.263 e. The molecule has 0 atom stereocenters. The monoisotopic (exact) mass is 331 g/mol. The normalized spacial score (nSPS) is 10.9. The van der Waals surface area contributed by atoms with Crippen molar-refractivity contribution in [2.75, 3.05) is 0 Å². The summed E-state index contributed by atoms with van der Waals surface area (Å²) >= 11 is 0. The number of aryl methyl sites for hydroxylation is 2. The Labute approximate surface area is 144 Å². The third-order valence-electron chi connectivity index (χ3n) is 3.98. The lowest BCUT2D eigenvalue weighted by molar-refractivity contribution is 0.788. The minimum absolute atomic E-state index is 0.716. The molecule has 0 saturated carbocycles. The van der Waals surface area contributed by atoms with Gasteiger partial charge in [-0.15, -0.1) is 5.10 Å². The Kier molecular flexibility index (Phi) is 4.28. The van der Waals surface area contributed by atoms with Crippen molar-refractivity contribution in [3.8, 4) is 5.69 Å². The Balaban J connectivity index is 1.37. The standard InChI is InChI=1S/C18H17N7/c1-2-4-14(5-3-1)8-11-17-20-18(22-21-17)12-15-6-9-16(10-7-15)25-13-19-23-24-25/h1-7,9-10,13H,8,11-12H2,(H,20,21,22). The van der Waals surface area contributed by atoms with Gasteiger partial charge in [0.15, 0.2) is 5.82 Å². The van der Waals surface area contributed by atoms with Crippen molar-refractivity contribution in [2.24, 2.45) is 0 Å². The number of hydrogen-bond donors (Lipinski definition) is 1. The number of nitrogens with zero attached hydrogens (tertiary/aromatic N) is 6. The second-order valence-electron chi connectivity index (χ2n) is 5.78. The molecule has 0 aliphatic rings. The quantitative estimate of drug-likeness (QED) is 0.585. The number of rotatable bonds is 6. The molecular weight excluding hydrogens is 314 g/mol. The Morgan fingerprint density at radius 1 is 0.880 bits per heavy atom. The molecule has 2 heterocycles. The highest BCUT2D eigenvalue weighted by Gasteiger charge is 2.06. The van der Waals surface area contributed by atoms with E-state index in [1.54, 1.807) is 11.0 Å². The van der Waals surface area contributed by atoms with Crippen molar-refractivity contribution in [3.05, 3.63) is 83.7 Å². The third kappa shape index (κ3) is 3.77. The molecule has 0 spiro atoms. The average molecular weight is 331 g/mol. The number of hydrogen-bond acceptors (Lipinski definition) is 5. The zero-order valence-corrected chi connectivity index (χ0v) is 13.6. The molecule has 2 aromatic heterocycles. The van der Waals surface area contributed by atoms with Crippen molar-refractivity contribution < 1.29 is 0 Å². The van der Waals surface area contributed by atoms with Crippen molar-refractivity contribution in [1.82, 2.24) is 35.4 Å². The van der Waals surface area contributed by atoms with Gasteiger partial charge in [-0.1, -0.05) is 42.5 Å². The molecule has 0 radical (unpaired) electrons. The minimum Gasteiger partial charge on any atom is -0.263 e. The minimum atomic E-state index is 0.716. The molecule has 0 aliphatic heterocycles. The molecule has 0 unspecified atom stereocenters. The van der Waals surface area contributed by atoms with Crippen LogP contribution in [0.3, 0.4) is 0 Å². The van der Waals surface area contributed by atoms with E-state index in [1.165, 1.54) is 5.56 Å². The van der Waals surface area contributed by atoms with Crippen LogP contribution in [-0.4, -0.2) is 35.4 Å². The number of aromatic nitrogens is 7. The van der Waals surface area contributed by atoms with Gasteiger partial charge in [0.25, 0.3) is 0 Å². The van der Waals surface area contributed by atoms with Gasteiger partial charge in [0.05, 0.1) is 5.69 Å². The fourth-order valence-electron chi connectivity index (χ4n) is 2.67. The number of tetrazole rings is 1. The van der Waals surface area contributed by atoms with Gasteiger partial charge in [-0.25, -0.2) is 9.67 Å². The van der Waals surface area contributed by atoms with E-state index >= 15 is 0 Å². The summed E-state index contributed by atoms with van der Waals surface area (Å²) < 4.78 is 1.62. The van der Waals surface area contributed by atoms with E-state index in [-0.39, 0.29) is 0 Å². The van der Waals surface area contributed by atoms with Gasteiger partial charge >= 0.3 is 0 Å². The summed E-state index contributed by atoms with van der Waals surface area (Å²) in [4.78, 5) is 4.59. The van der Waals surface area contributed by atoms with Gasteiger partial charge < -0.3 is 0 Å². The van der Waals surface area contributed by atoms with Crippen LogP contribution in [0.25, 0.3) is 5.69 Å². The first-order valence-electron chi connectivity index (χ1n) is 8.13. The van der Waals surface area contributed by atoms with Crippen LogP contribution in [0.4, 0.5) is 0 Å². The maximum atomic E-state index is 4.59. The van der Waals surface area contributed by atoms with Gasteiger partial charge in [-0.05, 0) is 40.1 Å². The second kappa shape index (κ2) is 7.04. The maximum Gasteiger partial charge on any atom is 0.151 e. The van der Waals surface area contributed by atoms with Gasteiger partial charge in [-0.3, -0.25) is 5.10 Å². The highest BCUT2D eigenvalue weighted by molar-refractivity contribution is 5.34. The highest BCUT2D eigenvalue weighted by atomic mass is 15.5. The molecule has 4 aromatic rings. The molecule has 7 nitrogen and oxygen atoms in total. The predicted molar refractivity (Wildman–Crippen MR) is 92.2 cm³/mol. The SMILES string of the molecule is c1ccc(CCc2n[nH]c(Cc3ccc(-n4cnnn4)cc3)n2)cc1. The molecule has 0 amide bonds. The first-order valence-corrected chi connectivity index (χ1v) is 8.13. The third-order valence-corrected chi connectivity index (χ3v) is 3.98. The van der Waals surface area contributed by atoms with E-state index in [9.17, 15) is 0 Å². The first-order chi connectivity index (χ1) is 12.4. The molecule has 1 N–H and O–H groups in total. The second-order valence-corrected chi connectivity index (χ2v) is 5.78. The average Bonchev–Trinajstić information content (AvgIpc) is 3.34. The molecule has 7 heteroatoms. The lowest BCUT2D eigenvalue weighted by Crippen LogP contribution is -1.97. The Morgan fingerprint density at radius 3 is 2.48 bits per heavy atom. The van der Waals surface area contributed by atoms with Crippen LogP contribution in [0, 0.1) is 0 Å². The van der Waals surface area contributed by atoms with Crippen LogP contribution in [0.15, 0.2) is 60.9 Å². The molecule has 4 rings (SSSR count). The van der Waals surface area contributed by atoms with Gasteiger partial charge in [0, 0.05) is 12.8 Å². The van der Waals surface area contributed by atoms with E-state index in [0.29, 0.717) is 6.42 Å². The molecule has 0 saturated heterocycles. The van der Waals surface area contributed by atoms with Gasteiger partial charge in [0.1, 0.15) is 12.2 Å². The summed E-state index contributed by atoms with van der Waals surface area (Å²) in [6.07, 6.45) is 4.07. The predicted octanol–water partition coefficient (Wildman–Crippen LogP) is 2.16. The highest BCUT2D eigenvalue weighted by Crippen LogP contribution is 2.11. The van der Waals surface area contributed by atoms with Crippen molar-refractivity contribution in [3.63, 3.8) is 0 Å².